The maximum Gasteiger partial charge on any atom is 0.270 e. The van der Waals surface area contributed by atoms with E-state index in [0.29, 0.717) is 0 Å². The number of benzene rings is 1. The molecule has 0 bridgehead atoms. The summed E-state index contributed by atoms with van der Waals surface area (Å²) >= 11 is 0. The second-order valence-corrected chi connectivity index (χ2v) is 6.50. The van der Waals surface area contributed by atoms with Crippen LogP contribution >= 0.6 is 7.52 Å². The van der Waals surface area contributed by atoms with Gasteiger partial charge in [-0.3, -0.25) is 4.57 Å². The van der Waals surface area contributed by atoms with Gasteiger partial charge in [-0.25, -0.2) is 4.67 Å². The van der Waals surface area contributed by atoms with Crippen LogP contribution in [0.4, 0.5) is 0 Å². The van der Waals surface area contributed by atoms with Crippen molar-refractivity contribution < 1.29 is 9.09 Å². The standard InChI is InChI=1S/C11H16NO2P/c1-9-11(10-7-5-4-6-8-10)14-15(3,13)12(9)2/h4-9,11H,1-3H3. The van der Waals surface area contributed by atoms with Gasteiger partial charge in [-0.2, -0.15) is 0 Å². The average Bonchev–Trinajstić information content (AvgIpc) is 2.44. The van der Waals surface area contributed by atoms with Crippen molar-refractivity contribution in [2.75, 3.05) is 13.7 Å². The topological polar surface area (TPSA) is 29.5 Å². The summed E-state index contributed by atoms with van der Waals surface area (Å²) in [6.07, 6.45) is -0.0768. The van der Waals surface area contributed by atoms with Crippen LogP contribution in [0.5, 0.6) is 0 Å². The second kappa shape index (κ2) is 3.75. The minimum absolute atomic E-state index is 0.0768. The third-order valence-electron chi connectivity index (χ3n) is 3.04. The lowest BCUT2D eigenvalue weighted by Gasteiger charge is -2.17. The number of hydrogen-bond acceptors (Lipinski definition) is 2. The Balaban J connectivity index is 2.31. The molecule has 1 aromatic carbocycles. The Morgan fingerprint density at radius 2 is 1.93 bits per heavy atom. The molecule has 0 spiro atoms. The quantitative estimate of drug-likeness (QED) is 0.688. The second-order valence-electron chi connectivity index (χ2n) is 4.05. The van der Waals surface area contributed by atoms with E-state index in [9.17, 15) is 4.57 Å². The van der Waals surface area contributed by atoms with E-state index in [4.69, 9.17) is 4.52 Å². The molecule has 3 nitrogen and oxygen atoms in total. The van der Waals surface area contributed by atoms with Crippen molar-refractivity contribution in [1.82, 2.24) is 4.67 Å². The Bertz CT molecular complexity index is 393. The number of likely N-dealkylation sites (N-methyl/N-ethyl adjacent to an activating group) is 1. The largest absolute Gasteiger partial charge is 0.308 e. The molecule has 1 heterocycles. The summed E-state index contributed by atoms with van der Waals surface area (Å²) in [4.78, 5) is 0. The van der Waals surface area contributed by atoms with Crippen molar-refractivity contribution in [2.24, 2.45) is 0 Å². The smallest absolute Gasteiger partial charge is 0.270 e. The normalized spacial score (nSPS) is 37.0. The predicted octanol–water partition coefficient (Wildman–Crippen LogP) is 2.90. The summed E-state index contributed by atoms with van der Waals surface area (Å²) in [7, 11) is -0.723. The molecule has 3 unspecified atom stereocenters. The fourth-order valence-electron chi connectivity index (χ4n) is 1.88. The molecule has 1 aromatic rings. The monoisotopic (exact) mass is 225 g/mol. The van der Waals surface area contributed by atoms with Gasteiger partial charge in [-0.1, -0.05) is 30.3 Å². The van der Waals surface area contributed by atoms with Crippen molar-refractivity contribution in [3.05, 3.63) is 35.9 Å². The van der Waals surface area contributed by atoms with Crippen molar-refractivity contribution in [3.63, 3.8) is 0 Å². The summed E-state index contributed by atoms with van der Waals surface area (Å²) in [6, 6.07) is 10.1. The third kappa shape index (κ3) is 1.87. The van der Waals surface area contributed by atoms with Crippen LogP contribution < -0.4 is 0 Å². The van der Waals surface area contributed by atoms with Crippen LogP contribution in [0.3, 0.4) is 0 Å². The highest BCUT2D eigenvalue weighted by Crippen LogP contribution is 2.59. The summed E-state index contributed by atoms with van der Waals surface area (Å²) in [5, 5.41) is 0. The zero-order chi connectivity index (χ0) is 11.1. The molecule has 1 fully saturated rings. The van der Waals surface area contributed by atoms with Crippen molar-refractivity contribution in [3.8, 4) is 0 Å². The van der Waals surface area contributed by atoms with Gasteiger partial charge in [0.05, 0.1) is 0 Å². The van der Waals surface area contributed by atoms with Gasteiger partial charge in [0.15, 0.2) is 0 Å². The first kappa shape index (κ1) is 10.9. The molecular formula is C11H16NO2P. The first-order valence-corrected chi connectivity index (χ1v) is 7.09. The van der Waals surface area contributed by atoms with Crippen LogP contribution in [-0.4, -0.2) is 24.4 Å². The molecule has 0 amide bonds. The van der Waals surface area contributed by atoms with E-state index in [-0.39, 0.29) is 12.1 Å². The maximum atomic E-state index is 12.0. The van der Waals surface area contributed by atoms with Crippen LogP contribution in [0.2, 0.25) is 0 Å². The van der Waals surface area contributed by atoms with Crippen LogP contribution in [0.1, 0.15) is 18.6 Å². The minimum atomic E-state index is -2.58. The first-order valence-electron chi connectivity index (χ1n) is 5.06. The fourth-order valence-corrected chi connectivity index (χ4v) is 3.53. The SMILES string of the molecule is CC1C(c2ccccc2)OP(C)(=O)N1C. The predicted molar refractivity (Wildman–Crippen MR) is 61.0 cm³/mol. The Morgan fingerprint density at radius 1 is 1.33 bits per heavy atom. The van der Waals surface area contributed by atoms with Crippen molar-refractivity contribution in [1.29, 1.82) is 0 Å². The van der Waals surface area contributed by atoms with E-state index in [0.717, 1.165) is 5.56 Å². The molecule has 2 rings (SSSR count). The molecule has 82 valence electrons. The lowest BCUT2D eigenvalue weighted by Crippen LogP contribution is -2.23. The molecule has 0 N–H and O–H groups in total. The lowest BCUT2D eigenvalue weighted by atomic mass is 10.0. The molecule has 0 aromatic heterocycles. The van der Waals surface area contributed by atoms with Crippen molar-refractivity contribution in [2.45, 2.75) is 19.1 Å². The fraction of sp³-hybridized carbons (Fsp3) is 0.455. The molecule has 0 radical (unpaired) electrons. The van der Waals surface area contributed by atoms with E-state index in [1.165, 1.54) is 0 Å². The highest BCUT2D eigenvalue weighted by Gasteiger charge is 2.42. The van der Waals surface area contributed by atoms with Gasteiger partial charge < -0.3 is 4.52 Å². The Morgan fingerprint density at radius 3 is 2.40 bits per heavy atom. The minimum Gasteiger partial charge on any atom is -0.308 e. The molecule has 1 saturated heterocycles. The number of nitrogens with zero attached hydrogens (tertiary/aromatic N) is 1. The highest BCUT2D eigenvalue weighted by atomic mass is 31.2. The zero-order valence-corrected chi connectivity index (χ0v) is 10.1. The highest BCUT2D eigenvalue weighted by molar-refractivity contribution is 7.55. The first-order chi connectivity index (χ1) is 7.02. The van der Waals surface area contributed by atoms with Gasteiger partial charge in [-0.05, 0) is 19.5 Å². The summed E-state index contributed by atoms with van der Waals surface area (Å²) < 4.78 is 19.5. The van der Waals surface area contributed by atoms with Gasteiger partial charge in [0.25, 0.3) is 7.52 Å². The van der Waals surface area contributed by atoms with E-state index in [1.54, 1.807) is 6.66 Å². The van der Waals surface area contributed by atoms with Crippen molar-refractivity contribution >= 4 is 7.52 Å². The number of hydrogen-bond donors (Lipinski definition) is 0. The van der Waals surface area contributed by atoms with Gasteiger partial charge in [0, 0.05) is 12.7 Å². The average molecular weight is 225 g/mol. The Hall–Kier alpha value is -0.630. The molecule has 4 heteroatoms. The van der Waals surface area contributed by atoms with Gasteiger partial charge in [0.1, 0.15) is 6.10 Å². The molecule has 0 aliphatic carbocycles. The molecule has 1 aliphatic rings. The Labute approximate surface area is 90.6 Å². The summed E-state index contributed by atoms with van der Waals surface area (Å²) in [5.74, 6) is 0. The lowest BCUT2D eigenvalue weighted by molar-refractivity contribution is 0.211. The van der Waals surface area contributed by atoms with Gasteiger partial charge in [0.2, 0.25) is 0 Å². The summed E-state index contributed by atoms with van der Waals surface area (Å²) in [6.45, 7) is 3.72. The molecule has 1 aliphatic heterocycles. The third-order valence-corrected chi connectivity index (χ3v) is 5.17. The molecule has 3 atom stereocenters. The zero-order valence-electron chi connectivity index (χ0n) is 9.25. The van der Waals surface area contributed by atoms with E-state index in [2.05, 4.69) is 0 Å². The molecular weight excluding hydrogens is 209 g/mol. The Kier molecular flexibility index (Phi) is 2.72. The van der Waals surface area contributed by atoms with E-state index >= 15 is 0 Å². The molecule has 15 heavy (non-hydrogen) atoms. The maximum absolute atomic E-state index is 12.0. The van der Waals surface area contributed by atoms with E-state index < -0.39 is 7.52 Å². The van der Waals surface area contributed by atoms with Crippen LogP contribution in [0, 0.1) is 0 Å². The van der Waals surface area contributed by atoms with Crippen LogP contribution in [0.15, 0.2) is 30.3 Å². The van der Waals surface area contributed by atoms with Gasteiger partial charge >= 0.3 is 0 Å². The molecule has 0 saturated carbocycles. The van der Waals surface area contributed by atoms with E-state index in [1.807, 2.05) is 49.0 Å². The summed E-state index contributed by atoms with van der Waals surface area (Å²) in [5.41, 5.74) is 1.09. The van der Waals surface area contributed by atoms with Gasteiger partial charge in [-0.15, -0.1) is 0 Å². The van der Waals surface area contributed by atoms with Crippen LogP contribution in [-0.2, 0) is 9.09 Å². The van der Waals surface area contributed by atoms with Crippen LogP contribution in [0.25, 0.3) is 0 Å². The number of rotatable bonds is 1.